The average molecular weight is 540 g/mol. The van der Waals surface area contributed by atoms with Gasteiger partial charge < -0.3 is 24.5 Å². The molecule has 4 aliphatic heterocycles. The van der Waals surface area contributed by atoms with Gasteiger partial charge in [-0.1, -0.05) is 24.3 Å². The van der Waals surface area contributed by atoms with Crippen LogP contribution in [-0.4, -0.2) is 87.1 Å². The van der Waals surface area contributed by atoms with Crippen LogP contribution in [0, 0.1) is 11.8 Å². The van der Waals surface area contributed by atoms with E-state index in [1.165, 1.54) is 0 Å². The molecule has 1 aromatic carbocycles. The Bertz CT molecular complexity index is 1160. The number of ether oxygens (including phenoxy) is 1. The van der Waals surface area contributed by atoms with Crippen molar-refractivity contribution in [1.29, 1.82) is 0 Å². The fourth-order valence-electron chi connectivity index (χ4n) is 6.34. The summed E-state index contributed by atoms with van der Waals surface area (Å²) in [5.41, 5.74) is 0.324. The summed E-state index contributed by atoms with van der Waals surface area (Å²) in [5.74, 6) is -0.902. The number of nitrogens with zero attached hydrogens (tertiary/aromatic N) is 3. The van der Waals surface area contributed by atoms with Crippen LogP contribution in [0.15, 0.2) is 48.6 Å². The summed E-state index contributed by atoms with van der Waals surface area (Å²) in [6.07, 6.45) is 8.45. The minimum absolute atomic E-state index is 0.0758. The van der Waals surface area contributed by atoms with E-state index in [1.807, 2.05) is 81.2 Å². The zero-order chi connectivity index (χ0) is 27.2. The van der Waals surface area contributed by atoms with Crippen LogP contribution in [0.4, 0.5) is 5.69 Å². The summed E-state index contributed by atoms with van der Waals surface area (Å²) in [4.78, 5) is 47.7. The van der Waals surface area contributed by atoms with Crippen molar-refractivity contribution in [3.8, 4) is 5.75 Å². The highest BCUT2D eigenvalue weighted by Crippen LogP contribution is 2.61. The normalized spacial score (nSPS) is 30.8. The standard InChI is InChI=1S/C29H37N3O5S/c1-5-37-20-12-10-19(11-13-20)30-15-6-9-21-22(25(30)34)23-26(35)31(16-8-18-33)24-27(36)32(28(2,3)4)17-7-14-29(23,24)38-21/h6-7,9-14,21-24,33H,5,8,15-18H2,1-4H3/t21-,22+,23-,24?,29-/m0/s1. The highest BCUT2D eigenvalue weighted by Gasteiger charge is 2.71. The molecule has 2 saturated heterocycles. The summed E-state index contributed by atoms with van der Waals surface area (Å²) in [6.45, 7) is 9.54. The second-order valence-corrected chi connectivity index (χ2v) is 12.8. The number of fused-ring (bicyclic) bond motifs is 2. The lowest BCUT2D eigenvalue weighted by atomic mass is 9.78. The topological polar surface area (TPSA) is 90.4 Å². The Balaban J connectivity index is 1.55. The number of rotatable bonds is 6. The number of amides is 3. The molecule has 5 atom stereocenters. The van der Waals surface area contributed by atoms with E-state index in [0.717, 1.165) is 11.4 Å². The van der Waals surface area contributed by atoms with Gasteiger partial charge in [-0.2, -0.15) is 0 Å². The number of benzene rings is 1. The molecule has 1 unspecified atom stereocenters. The molecule has 0 bridgehead atoms. The summed E-state index contributed by atoms with van der Waals surface area (Å²) in [7, 11) is 0. The summed E-state index contributed by atoms with van der Waals surface area (Å²) in [6, 6.07) is 6.73. The van der Waals surface area contributed by atoms with E-state index in [9.17, 15) is 19.5 Å². The second-order valence-electron chi connectivity index (χ2n) is 11.3. The van der Waals surface area contributed by atoms with Crippen molar-refractivity contribution in [2.75, 3.05) is 37.7 Å². The molecular formula is C29H37N3O5S. The van der Waals surface area contributed by atoms with Gasteiger partial charge in [-0.05, 0) is 58.4 Å². The Morgan fingerprint density at radius 1 is 1.05 bits per heavy atom. The fourth-order valence-corrected chi connectivity index (χ4v) is 8.35. The molecule has 5 rings (SSSR count). The van der Waals surface area contributed by atoms with Gasteiger partial charge in [0.25, 0.3) is 0 Å². The van der Waals surface area contributed by atoms with Crippen LogP contribution in [0.1, 0.15) is 34.1 Å². The third kappa shape index (κ3) is 4.24. The molecule has 0 radical (unpaired) electrons. The van der Waals surface area contributed by atoms with Gasteiger partial charge in [0.2, 0.25) is 17.7 Å². The predicted octanol–water partition coefficient (Wildman–Crippen LogP) is 2.86. The van der Waals surface area contributed by atoms with Gasteiger partial charge in [-0.3, -0.25) is 14.4 Å². The lowest BCUT2D eigenvalue weighted by Crippen LogP contribution is -2.57. The maximum absolute atomic E-state index is 14.2. The van der Waals surface area contributed by atoms with Gasteiger partial charge in [-0.25, -0.2) is 0 Å². The minimum atomic E-state index is -0.846. The summed E-state index contributed by atoms with van der Waals surface area (Å²) < 4.78 is 4.72. The van der Waals surface area contributed by atoms with Gasteiger partial charge in [0, 0.05) is 42.7 Å². The molecule has 1 N–H and O–H groups in total. The van der Waals surface area contributed by atoms with Crippen molar-refractivity contribution in [1.82, 2.24) is 9.80 Å². The van der Waals surface area contributed by atoms with Gasteiger partial charge >= 0.3 is 0 Å². The van der Waals surface area contributed by atoms with Crippen LogP contribution in [-0.2, 0) is 14.4 Å². The van der Waals surface area contributed by atoms with E-state index in [4.69, 9.17) is 4.74 Å². The van der Waals surface area contributed by atoms with Gasteiger partial charge in [0.05, 0.1) is 23.2 Å². The van der Waals surface area contributed by atoms with E-state index in [-0.39, 0.29) is 36.1 Å². The maximum atomic E-state index is 14.2. The van der Waals surface area contributed by atoms with Crippen molar-refractivity contribution < 1.29 is 24.2 Å². The molecule has 1 aromatic rings. The third-order valence-corrected chi connectivity index (χ3v) is 9.73. The summed E-state index contributed by atoms with van der Waals surface area (Å²) >= 11 is 1.58. The second kappa shape index (κ2) is 10.1. The fraction of sp³-hybridized carbons (Fsp3) is 0.552. The van der Waals surface area contributed by atoms with E-state index in [0.29, 0.717) is 26.1 Å². The Labute approximate surface area is 228 Å². The number of aliphatic hydroxyl groups is 1. The Morgan fingerprint density at radius 3 is 2.45 bits per heavy atom. The van der Waals surface area contributed by atoms with Crippen molar-refractivity contribution in [2.45, 2.75) is 55.7 Å². The lowest BCUT2D eigenvalue weighted by Gasteiger charge is -2.40. The van der Waals surface area contributed by atoms with E-state index in [1.54, 1.807) is 21.6 Å². The summed E-state index contributed by atoms with van der Waals surface area (Å²) in [5, 5.41) is 9.34. The molecule has 0 saturated carbocycles. The molecule has 8 nitrogen and oxygen atoms in total. The molecule has 0 aromatic heterocycles. The quantitative estimate of drug-likeness (QED) is 0.560. The van der Waals surface area contributed by atoms with E-state index >= 15 is 0 Å². The van der Waals surface area contributed by atoms with Crippen molar-refractivity contribution in [2.24, 2.45) is 11.8 Å². The van der Waals surface area contributed by atoms with Crippen LogP contribution in [0.5, 0.6) is 5.75 Å². The Morgan fingerprint density at radius 2 is 1.79 bits per heavy atom. The predicted molar refractivity (Wildman–Crippen MR) is 148 cm³/mol. The zero-order valence-corrected chi connectivity index (χ0v) is 23.3. The third-order valence-electron chi connectivity index (χ3n) is 7.99. The van der Waals surface area contributed by atoms with Crippen LogP contribution in [0.2, 0.25) is 0 Å². The number of hydrogen-bond donors (Lipinski definition) is 1. The first-order chi connectivity index (χ1) is 18.1. The molecule has 3 amide bonds. The smallest absolute Gasteiger partial charge is 0.247 e. The Kier molecular flexibility index (Phi) is 7.11. The number of anilines is 1. The molecule has 4 aliphatic rings. The van der Waals surface area contributed by atoms with Crippen LogP contribution in [0.25, 0.3) is 0 Å². The van der Waals surface area contributed by atoms with Crippen molar-refractivity contribution >= 4 is 35.2 Å². The molecule has 204 valence electrons. The zero-order valence-electron chi connectivity index (χ0n) is 22.5. The number of aliphatic hydroxyl groups excluding tert-OH is 1. The minimum Gasteiger partial charge on any atom is -0.494 e. The molecule has 0 aliphatic carbocycles. The lowest BCUT2D eigenvalue weighted by molar-refractivity contribution is -0.145. The number of hydrogen-bond acceptors (Lipinski definition) is 6. The highest BCUT2D eigenvalue weighted by atomic mass is 32.2. The largest absolute Gasteiger partial charge is 0.494 e. The SMILES string of the molecule is CCOc1ccc(N2CC=C[C@@H]3S[C@]45C=CCN(C(C)(C)C)C(=O)C4N(CCCO)C(=O)[C@@H]5[C@@H]3C2=O)cc1. The van der Waals surface area contributed by atoms with Crippen LogP contribution < -0.4 is 9.64 Å². The monoisotopic (exact) mass is 539 g/mol. The van der Waals surface area contributed by atoms with Crippen molar-refractivity contribution in [3.05, 3.63) is 48.6 Å². The Hall–Kier alpha value is -2.78. The van der Waals surface area contributed by atoms with Gasteiger partial charge in [-0.15, -0.1) is 11.8 Å². The van der Waals surface area contributed by atoms with Gasteiger partial charge in [0.1, 0.15) is 11.8 Å². The first kappa shape index (κ1) is 26.8. The number of carbonyl (C=O) groups is 3. The number of likely N-dealkylation sites (tertiary alicyclic amines) is 1. The molecule has 9 heteroatoms. The first-order valence-electron chi connectivity index (χ1n) is 13.4. The molecule has 4 heterocycles. The highest BCUT2D eigenvalue weighted by molar-refractivity contribution is 8.02. The first-order valence-corrected chi connectivity index (χ1v) is 14.3. The van der Waals surface area contributed by atoms with E-state index < -0.39 is 28.2 Å². The van der Waals surface area contributed by atoms with Crippen LogP contribution in [0.3, 0.4) is 0 Å². The van der Waals surface area contributed by atoms with Gasteiger partial charge in [0.15, 0.2) is 0 Å². The molecule has 38 heavy (non-hydrogen) atoms. The van der Waals surface area contributed by atoms with Crippen molar-refractivity contribution in [3.63, 3.8) is 0 Å². The number of thioether (sulfide) groups is 1. The molecule has 2 fully saturated rings. The molecular weight excluding hydrogens is 502 g/mol. The maximum Gasteiger partial charge on any atom is 0.247 e. The number of carbonyl (C=O) groups excluding carboxylic acids is 3. The van der Waals surface area contributed by atoms with E-state index in [2.05, 4.69) is 0 Å². The molecule has 1 spiro atoms. The average Bonchev–Trinajstić information content (AvgIpc) is 3.17. The van der Waals surface area contributed by atoms with Crippen LogP contribution >= 0.6 is 11.8 Å².